The van der Waals surface area contributed by atoms with Crippen molar-refractivity contribution in [2.45, 2.75) is 32.2 Å². The molecule has 2 aliphatic heterocycles. The zero-order valence-corrected chi connectivity index (χ0v) is 16.0. The van der Waals surface area contributed by atoms with Crippen molar-refractivity contribution in [2.24, 2.45) is 0 Å². The minimum atomic E-state index is -2.27. The molecule has 4 N–H and O–H groups in total. The van der Waals surface area contributed by atoms with Gasteiger partial charge in [-0.15, -0.1) is 0 Å². The van der Waals surface area contributed by atoms with Crippen molar-refractivity contribution in [1.82, 2.24) is 0 Å². The van der Waals surface area contributed by atoms with E-state index in [1.165, 1.54) is 13.2 Å². The Hall–Kier alpha value is -3.39. The van der Waals surface area contributed by atoms with E-state index in [4.69, 9.17) is 14.2 Å². The number of hydrogen-bond donors (Lipinski definition) is 4. The van der Waals surface area contributed by atoms with E-state index in [0.717, 1.165) is 17.7 Å². The molecule has 2 aliphatic rings. The molecule has 2 heterocycles. The van der Waals surface area contributed by atoms with E-state index in [-0.39, 0.29) is 46.3 Å². The number of rotatable bonds is 3. The monoisotopic (exact) mass is 400 g/mol. The lowest BCUT2D eigenvalue weighted by molar-refractivity contribution is -0.118. The van der Waals surface area contributed by atoms with E-state index in [0.29, 0.717) is 5.56 Å². The number of phenols is 3. The first-order valence-corrected chi connectivity index (χ1v) is 8.91. The Bertz CT molecular complexity index is 1070. The number of fused-ring (bicyclic) bond motifs is 4. The fraction of sp³-hybridized carbons (Fsp3) is 0.286. The lowest BCUT2D eigenvalue weighted by Crippen LogP contribution is -2.51. The predicted molar refractivity (Wildman–Crippen MR) is 101 cm³/mol. The summed E-state index contributed by atoms with van der Waals surface area (Å²) in [7, 11) is 1.35. The molecule has 0 bridgehead atoms. The number of Topliss-reactive ketones (excluding diaryl/α,β-unsaturated/α-hetero) is 1. The van der Waals surface area contributed by atoms with Gasteiger partial charge in [0.15, 0.2) is 11.5 Å². The number of carbonyl (C=O) groups is 1. The fourth-order valence-corrected chi connectivity index (χ4v) is 3.62. The molecule has 29 heavy (non-hydrogen) atoms. The molecule has 0 aromatic heterocycles. The van der Waals surface area contributed by atoms with Gasteiger partial charge in [-0.25, -0.2) is 0 Å². The van der Waals surface area contributed by atoms with Crippen LogP contribution in [-0.2, 0) is 12.0 Å². The van der Waals surface area contributed by atoms with Crippen LogP contribution in [-0.4, -0.2) is 39.6 Å². The summed E-state index contributed by atoms with van der Waals surface area (Å²) in [4.78, 5) is 13.2. The number of phenolic OH excluding ortho intramolecular Hbond substituents is 3. The number of aliphatic hydroxyl groups is 1. The number of allylic oxidation sites excluding steroid dienone is 2. The summed E-state index contributed by atoms with van der Waals surface area (Å²) in [5, 5.41) is 41.8. The summed E-state index contributed by atoms with van der Waals surface area (Å²) in [5.74, 6) is -1.79. The predicted octanol–water partition coefficient (Wildman–Crippen LogP) is 2.50. The van der Waals surface area contributed by atoms with Crippen molar-refractivity contribution < 1.29 is 39.4 Å². The SMILES string of the molecule is COc1cc2c(c(CC=C(C)C)c1O)O[C@H]1Oc3cc(O)cc(O)c3C(=O)[C@@]21O. The summed E-state index contributed by atoms with van der Waals surface area (Å²) in [5.41, 5.74) is -1.14. The first kappa shape index (κ1) is 18.9. The summed E-state index contributed by atoms with van der Waals surface area (Å²) in [6.07, 6.45) is 0.658. The second-order valence-electron chi connectivity index (χ2n) is 7.27. The summed E-state index contributed by atoms with van der Waals surface area (Å²) in [6.45, 7) is 3.79. The van der Waals surface area contributed by atoms with Crippen LogP contribution >= 0.6 is 0 Å². The van der Waals surface area contributed by atoms with E-state index in [1.54, 1.807) is 0 Å². The molecule has 0 unspecified atom stereocenters. The molecule has 2 aromatic carbocycles. The van der Waals surface area contributed by atoms with Gasteiger partial charge in [0.25, 0.3) is 6.29 Å². The van der Waals surface area contributed by atoms with Gasteiger partial charge in [-0.2, -0.15) is 0 Å². The highest BCUT2D eigenvalue weighted by Crippen LogP contribution is 2.55. The normalized spacial score (nSPS) is 21.4. The van der Waals surface area contributed by atoms with Crippen LogP contribution in [0.25, 0.3) is 0 Å². The molecule has 2 aromatic rings. The number of aromatic hydroxyl groups is 3. The first-order chi connectivity index (χ1) is 13.7. The molecule has 0 fully saturated rings. The maximum Gasteiger partial charge on any atom is 0.281 e. The van der Waals surface area contributed by atoms with E-state index in [2.05, 4.69) is 0 Å². The molecule has 152 valence electrons. The van der Waals surface area contributed by atoms with Crippen LogP contribution in [0.1, 0.15) is 35.3 Å². The lowest BCUT2D eigenvalue weighted by Gasteiger charge is -2.33. The number of benzene rings is 2. The minimum absolute atomic E-state index is 0.0621. The Morgan fingerprint density at radius 3 is 2.59 bits per heavy atom. The Kier molecular flexibility index (Phi) is 4.13. The molecule has 0 saturated heterocycles. The number of carbonyl (C=O) groups excluding carboxylic acids is 1. The van der Waals surface area contributed by atoms with Crippen molar-refractivity contribution in [3.8, 4) is 34.5 Å². The Balaban J connectivity index is 1.93. The first-order valence-electron chi connectivity index (χ1n) is 8.91. The van der Waals surface area contributed by atoms with Gasteiger partial charge < -0.3 is 34.6 Å². The topological polar surface area (TPSA) is 126 Å². The Morgan fingerprint density at radius 2 is 1.93 bits per heavy atom. The van der Waals surface area contributed by atoms with Crippen molar-refractivity contribution in [3.63, 3.8) is 0 Å². The van der Waals surface area contributed by atoms with Crippen molar-refractivity contribution >= 4 is 5.78 Å². The zero-order chi connectivity index (χ0) is 21.1. The van der Waals surface area contributed by atoms with E-state index < -0.39 is 23.4 Å². The highest BCUT2D eigenvalue weighted by atomic mass is 16.7. The molecule has 4 rings (SSSR count). The van der Waals surface area contributed by atoms with Crippen LogP contribution in [0.5, 0.6) is 34.5 Å². The third-order valence-corrected chi connectivity index (χ3v) is 5.10. The average Bonchev–Trinajstić information content (AvgIpc) is 2.92. The van der Waals surface area contributed by atoms with E-state index >= 15 is 0 Å². The number of ketones is 1. The smallest absolute Gasteiger partial charge is 0.281 e. The molecule has 0 saturated carbocycles. The van der Waals surface area contributed by atoms with E-state index in [1.807, 2.05) is 19.9 Å². The second kappa shape index (κ2) is 6.31. The summed E-state index contributed by atoms with van der Waals surface area (Å²) < 4.78 is 16.6. The third-order valence-electron chi connectivity index (χ3n) is 5.10. The molecule has 8 heteroatoms. The quantitative estimate of drug-likeness (QED) is 0.579. The largest absolute Gasteiger partial charge is 0.508 e. The second-order valence-corrected chi connectivity index (χ2v) is 7.27. The summed E-state index contributed by atoms with van der Waals surface area (Å²) >= 11 is 0. The number of methoxy groups -OCH3 is 1. The molecule has 0 spiro atoms. The Morgan fingerprint density at radius 1 is 1.21 bits per heavy atom. The maximum atomic E-state index is 13.2. The molecular weight excluding hydrogens is 380 g/mol. The van der Waals surface area contributed by atoms with Gasteiger partial charge in [0.05, 0.1) is 7.11 Å². The zero-order valence-electron chi connectivity index (χ0n) is 16.0. The van der Waals surface area contributed by atoms with Crippen LogP contribution < -0.4 is 14.2 Å². The van der Waals surface area contributed by atoms with Gasteiger partial charge >= 0.3 is 0 Å². The van der Waals surface area contributed by atoms with Gasteiger partial charge in [0.1, 0.15) is 28.6 Å². The van der Waals surface area contributed by atoms with Crippen molar-refractivity contribution in [1.29, 1.82) is 0 Å². The highest BCUT2D eigenvalue weighted by Gasteiger charge is 2.60. The average molecular weight is 400 g/mol. The van der Waals surface area contributed by atoms with Gasteiger partial charge in [0, 0.05) is 23.3 Å². The Labute approximate surface area is 166 Å². The maximum absolute atomic E-state index is 13.2. The highest BCUT2D eigenvalue weighted by molar-refractivity contribution is 6.09. The molecule has 0 amide bonds. The molecular formula is C21H20O8. The fourth-order valence-electron chi connectivity index (χ4n) is 3.62. The van der Waals surface area contributed by atoms with E-state index in [9.17, 15) is 25.2 Å². The number of hydrogen-bond acceptors (Lipinski definition) is 8. The van der Waals surface area contributed by atoms with Crippen LogP contribution in [0.4, 0.5) is 0 Å². The molecule has 8 nitrogen and oxygen atoms in total. The van der Waals surface area contributed by atoms with Gasteiger partial charge in [-0.1, -0.05) is 11.6 Å². The minimum Gasteiger partial charge on any atom is -0.508 e. The van der Waals surface area contributed by atoms with Crippen molar-refractivity contribution in [3.05, 3.63) is 46.5 Å². The van der Waals surface area contributed by atoms with Gasteiger partial charge in [-0.05, 0) is 26.3 Å². The van der Waals surface area contributed by atoms with Crippen LogP contribution in [0.2, 0.25) is 0 Å². The molecule has 0 radical (unpaired) electrons. The van der Waals surface area contributed by atoms with Gasteiger partial charge in [0.2, 0.25) is 11.4 Å². The molecule has 2 atom stereocenters. The van der Waals surface area contributed by atoms with Crippen LogP contribution in [0, 0.1) is 0 Å². The van der Waals surface area contributed by atoms with Crippen molar-refractivity contribution in [2.75, 3.05) is 7.11 Å². The standard InChI is InChI=1S/C21H20O8/c1-9(2)4-5-11-17(24)15(27-3)8-12-18(11)29-20-21(12,26)19(25)16-13(23)6-10(22)7-14(16)28-20/h4,6-8,20,22-24,26H,5H2,1-3H3/t20-,21+/m1/s1. The summed E-state index contributed by atoms with van der Waals surface area (Å²) in [6, 6.07) is 3.46. The molecule has 0 aliphatic carbocycles. The lowest BCUT2D eigenvalue weighted by atomic mass is 9.83. The van der Waals surface area contributed by atoms with Gasteiger partial charge in [-0.3, -0.25) is 4.79 Å². The third kappa shape index (κ3) is 2.60. The van der Waals surface area contributed by atoms with Crippen LogP contribution in [0.3, 0.4) is 0 Å². The number of ether oxygens (including phenoxy) is 3. The van der Waals surface area contributed by atoms with Crippen LogP contribution in [0.15, 0.2) is 29.8 Å².